The van der Waals surface area contributed by atoms with E-state index >= 15 is 0 Å². The minimum atomic E-state index is 0.136. The summed E-state index contributed by atoms with van der Waals surface area (Å²) >= 11 is 1.92. The third-order valence-corrected chi connectivity index (χ3v) is 5.76. The summed E-state index contributed by atoms with van der Waals surface area (Å²) in [7, 11) is 0. The number of carbonyl (C=O) groups excluding carboxylic acids is 1. The van der Waals surface area contributed by atoms with Crippen molar-refractivity contribution in [3.05, 3.63) is 30.3 Å². The number of benzene rings is 1. The normalized spacial score (nSPS) is 24.9. The first kappa shape index (κ1) is 16.8. The molecule has 3 rings (SSSR count). The maximum Gasteiger partial charge on any atom is 0.234 e. The van der Waals surface area contributed by atoms with Crippen LogP contribution >= 0.6 is 11.8 Å². The molecular formula is C18H26N2O2S. The van der Waals surface area contributed by atoms with Crippen LogP contribution < -0.4 is 5.32 Å². The SMILES string of the molecule is O=C(CN1CC[C@@H](CSc2ccccc2)C1)NC[C@H]1CCCO1. The van der Waals surface area contributed by atoms with Crippen molar-refractivity contribution >= 4 is 17.7 Å². The Morgan fingerprint density at radius 3 is 2.96 bits per heavy atom. The van der Waals surface area contributed by atoms with E-state index in [1.165, 1.54) is 11.3 Å². The molecule has 0 bridgehead atoms. The molecule has 2 fully saturated rings. The van der Waals surface area contributed by atoms with Crippen LogP contribution in [0.25, 0.3) is 0 Å². The quantitative estimate of drug-likeness (QED) is 0.778. The summed E-state index contributed by atoms with van der Waals surface area (Å²) in [5, 5.41) is 3.01. The number of nitrogens with zero attached hydrogens (tertiary/aromatic N) is 1. The summed E-state index contributed by atoms with van der Waals surface area (Å²) in [6.07, 6.45) is 3.61. The third kappa shape index (κ3) is 5.52. The van der Waals surface area contributed by atoms with Gasteiger partial charge in [-0.15, -0.1) is 11.8 Å². The van der Waals surface area contributed by atoms with Crippen molar-refractivity contribution in [1.82, 2.24) is 10.2 Å². The molecule has 0 aliphatic carbocycles. The first-order chi connectivity index (χ1) is 11.3. The molecule has 126 valence electrons. The first-order valence-electron chi connectivity index (χ1n) is 8.58. The lowest BCUT2D eigenvalue weighted by Crippen LogP contribution is -2.39. The van der Waals surface area contributed by atoms with Crippen molar-refractivity contribution in [3.8, 4) is 0 Å². The zero-order valence-corrected chi connectivity index (χ0v) is 14.4. The molecule has 0 unspecified atom stereocenters. The Kier molecular flexibility index (Phi) is 6.37. The number of amides is 1. The van der Waals surface area contributed by atoms with Gasteiger partial charge in [-0.3, -0.25) is 9.69 Å². The number of ether oxygens (including phenoxy) is 1. The fourth-order valence-corrected chi connectivity index (χ4v) is 4.27. The van der Waals surface area contributed by atoms with E-state index in [0.29, 0.717) is 19.0 Å². The second kappa shape index (κ2) is 8.71. The minimum absolute atomic E-state index is 0.136. The van der Waals surface area contributed by atoms with Gasteiger partial charge in [0.05, 0.1) is 12.6 Å². The molecule has 5 heteroatoms. The maximum atomic E-state index is 12.0. The molecule has 0 saturated carbocycles. The Morgan fingerprint density at radius 2 is 2.17 bits per heavy atom. The van der Waals surface area contributed by atoms with Gasteiger partial charge >= 0.3 is 0 Å². The van der Waals surface area contributed by atoms with Crippen molar-refractivity contribution in [2.75, 3.05) is 38.5 Å². The summed E-state index contributed by atoms with van der Waals surface area (Å²) in [6, 6.07) is 10.5. The van der Waals surface area contributed by atoms with Crippen LogP contribution in [0.5, 0.6) is 0 Å². The van der Waals surface area contributed by atoms with Gasteiger partial charge in [0.1, 0.15) is 0 Å². The summed E-state index contributed by atoms with van der Waals surface area (Å²) < 4.78 is 5.53. The molecule has 23 heavy (non-hydrogen) atoms. The van der Waals surface area contributed by atoms with E-state index in [4.69, 9.17) is 4.74 Å². The summed E-state index contributed by atoms with van der Waals surface area (Å²) in [6.45, 7) is 4.10. The van der Waals surface area contributed by atoms with E-state index in [1.807, 2.05) is 11.8 Å². The highest BCUT2D eigenvalue weighted by Gasteiger charge is 2.24. The largest absolute Gasteiger partial charge is 0.376 e. The van der Waals surface area contributed by atoms with Crippen LogP contribution in [0.4, 0.5) is 0 Å². The lowest BCUT2D eigenvalue weighted by Gasteiger charge is -2.17. The average Bonchev–Trinajstić information content (AvgIpc) is 3.24. The van der Waals surface area contributed by atoms with Gasteiger partial charge in [0.25, 0.3) is 0 Å². The van der Waals surface area contributed by atoms with Crippen LogP contribution in [0.15, 0.2) is 35.2 Å². The van der Waals surface area contributed by atoms with Crippen LogP contribution in [0.1, 0.15) is 19.3 Å². The van der Waals surface area contributed by atoms with Crippen LogP contribution in [0, 0.1) is 5.92 Å². The average molecular weight is 334 g/mol. The van der Waals surface area contributed by atoms with Gasteiger partial charge in [-0.1, -0.05) is 18.2 Å². The van der Waals surface area contributed by atoms with Gasteiger partial charge in [-0.2, -0.15) is 0 Å². The Balaban J connectivity index is 1.32. The zero-order valence-electron chi connectivity index (χ0n) is 13.6. The smallest absolute Gasteiger partial charge is 0.234 e. The molecule has 1 N–H and O–H groups in total. The predicted octanol–water partition coefficient (Wildman–Crippen LogP) is 2.40. The van der Waals surface area contributed by atoms with E-state index in [0.717, 1.165) is 38.3 Å². The van der Waals surface area contributed by atoms with Gasteiger partial charge in [-0.05, 0) is 43.9 Å². The van der Waals surface area contributed by atoms with Gasteiger partial charge in [-0.25, -0.2) is 0 Å². The molecule has 2 aliphatic rings. The van der Waals surface area contributed by atoms with Crippen LogP contribution in [-0.4, -0.2) is 55.4 Å². The molecule has 2 heterocycles. The number of likely N-dealkylation sites (tertiary alicyclic amines) is 1. The number of thioether (sulfide) groups is 1. The van der Waals surface area contributed by atoms with Crippen LogP contribution in [-0.2, 0) is 9.53 Å². The Hall–Kier alpha value is -1.04. The molecule has 2 saturated heterocycles. The van der Waals surface area contributed by atoms with Crippen molar-refractivity contribution in [2.24, 2.45) is 5.92 Å². The summed E-state index contributed by atoms with van der Waals surface area (Å²) in [5.41, 5.74) is 0. The van der Waals surface area contributed by atoms with Gasteiger partial charge in [0, 0.05) is 30.3 Å². The number of nitrogens with one attached hydrogen (secondary N) is 1. The fraction of sp³-hybridized carbons (Fsp3) is 0.611. The van der Waals surface area contributed by atoms with E-state index in [1.54, 1.807) is 0 Å². The van der Waals surface area contributed by atoms with Gasteiger partial charge in [0.15, 0.2) is 0 Å². The molecule has 1 amide bonds. The summed E-state index contributed by atoms with van der Waals surface area (Å²) in [4.78, 5) is 15.6. The highest BCUT2D eigenvalue weighted by molar-refractivity contribution is 7.99. The maximum absolute atomic E-state index is 12.0. The van der Waals surface area contributed by atoms with Crippen LogP contribution in [0.3, 0.4) is 0 Å². The van der Waals surface area contributed by atoms with E-state index in [2.05, 4.69) is 40.5 Å². The lowest BCUT2D eigenvalue weighted by atomic mass is 10.2. The number of hydrogen-bond acceptors (Lipinski definition) is 4. The molecule has 4 nitrogen and oxygen atoms in total. The Morgan fingerprint density at radius 1 is 1.30 bits per heavy atom. The zero-order chi connectivity index (χ0) is 15.9. The lowest BCUT2D eigenvalue weighted by molar-refractivity contribution is -0.122. The molecule has 0 aromatic heterocycles. The molecule has 1 aromatic carbocycles. The van der Waals surface area contributed by atoms with E-state index < -0.39 is 0 Å². The number of rotatable bonds is 7. The monoisotopic (exact) mass is 334 g/mol. The number of hydrogen-bond donors (Lipinski definition) is 1. The topological polar surface area (TPSA) is 41.6 Å². The fourth-order valence-electron chi connectivity index (χ4n) is 3.22. The van der Waals surface area contributed by atoms with Crippen molar-refractivity contribution < 1.29 is 9.53 Å². The first-order valence-corrected chi connectivity index (χ1v) is 9.56. The van der Waals surface area contributed by atoms with Crippen molar-refractivity contribution in [3.63, 3.8) is 0 Å². The van der Waals surface area contributed by atoms with E-state index in [-0.39, 0.29) is 12.0 Å². The molecule has 0 spiro atoms. The van der Waals surface area contributed by atoms with Crippen molar-refractivity contribution in [2.45, 2.75) is 30.3 Å². The Bertz CT molecular complexity index is 491. The highest BCUT2D eigenvalue weighted by Crippen LogP contribution is 2.25. The molecule has 2 atom stereocenters. The van der Waals surface area contributed by atoms with Gasteiger partial charge < -0.3 is 10.1 Å². The van der Waals surface area contributed by atoms with Crippen LogP contribution in [0.2, 0.25) is 0 Å². The van der Waals surface area contributed by atoms with E-state index in [9.17, 15) is 4.79 Å². The standard InChI is InChI=1S/C18H26N2O2S/c21-18(19-11-16-5-4-10-22-16)13-20-9-8-15(12-20)14-23-17-6-2-1-3-7-17/h1-3,6-7,15-16H,4-5,8-14H2,(H,19,21)/t15-,16-/m1/s1. The van der Waals surface area contributed by atoms with Crippen molar-refractivity contribution in [1.29, 1.82) is 0 Å². The second-order valence-corrected chi connectivity index (χ2v) is 7.55. The summed E-state index contributed by atoms with van der Waals surface area (Å²) in [5.74, 6) is 1.96. The highest BCUT2D eigenvalue weighted by atomic mass is 32.2. The second-order valence-electron chi connectivity index (χ2n) is 6.45. The molecular weight excluding hydrogens is 308 g/mol. The third-order valence-electron chi connectivity index (χ3n) is 4.52. The predicted molar refractivity (Wildman–Crippen MR) is 93.7 cm³/mol. The Labute approximate surface area is 143 Å². The number of carbonyl (C=O) groups is 1. The molecule has 1 aromatic rings. The minimum Gasteiger partial charge on any atom is -0.376 e. The van der Waals surface area contributed by atoms with Gasteiger partial charge in [0.2, 0.25) is 5.91 Å². The molecule has 0 radical (unpaired) electrons. The molecule has 2 aliphatic heterocycles.